The largest absolute Gasteiger partial charge is 0.341 e. The van der Waals surface area contributed by atoms with Crippen LogP contribution < -0.4 is 0 Å². The van der Waals surface area contributed by atoms with Crippen molar-refractivity contribution in [2.24, 2.45) is 23.2 Å². The maximum absolute atomic E-state index is 13.1. The first-order valence-corrected chi connectivity index (χ1v) is 10.3. The summed E-state index contributed by atoms with van der Waals surface area (Å²) in [6, 6.07) is 0. The van der Waals surface area contributed by atoms with E-state index in [0.717, 1.165) is 37.0 Å². The molecule has 1 saturated heterocycles. The third-order valence-corrected chi connectivity index (χ3v) is 8.13. The Morgan fingerprint density at radius 2 is 1.57 bits per heavy atom. The van der Waals surface area contributed by atoms with Gasteiger partial charge in [-0.3, -0.25) is 4.79 Å². The van der Waals surface area contributed by atoms with Crippen molar-refractivity contribution in [3.63, 3.8) is 0 Å². The van der Waals surface area contributed by atoms with Crippen LogP contribution >= 0.6 is 0 Å². The minimum Gasteiger partial charge on any atom is -0.341 e. The zero-order valence-corrected chi connectivity index (χ0v) is 13.6. The van der Waals surface area contributed by atoms with E-state index >= 15 is 0 Å². The fourth-order valence-electron chi connectivity index (χ4n) is 5.97. The standard InChI is InChI=1S/C16H25NO3S/c1-21(19,20)14-2-3-17(10-14)15(18)16-7-11-4-12(8-16)6-13(5-11)9-16/h11-14H,2-10H2,1H3/t11?,12?,13?,14-,16?/m1/s1. The predicted molar refractivity (Wildman–Crippen MR) is 80.4 cm³/mol. The van der Waals surface area contributed by atoms with E-state index in [1.807, 2.05) is 4.90 Å². The summed E-state index contributed by atoms with van der Waals surface area (Å²) in [7, 11) is -3.02. The van der Waals surface area contributed by atoms with Gasteiger partial charge in [-0.15, -0.1) is 0 Å². The van der Waals surface area contributed by atoms with Gasteiger partial charge in [-0.25, -0.2) is 8.42 Å². The molecule has 0 aromatic carbocycles. The van der Waals surface area contributed by atoms with Gasteiger partial charge in [0.15, 0.2) is 9.84 Å². The van der Waals surface area contributed by atoms with Crippen molar-refractivity contribution in [2.75, 3.05) is 19.3 Å². The Balaban J connectivity index is 1.53. The monoisotopic (exact) mass is 311 g/mol. The summed E-state index contributed by atoms with van der Waals surface area (Å²) in [6.45, 7) is 1.07. The number of sulfone groups is 1. The highest BCUT2D eigenvalue weighted by molar-refractivity contribution is 7.91. The van der Waals surface area contributed by atoms with Crippen molar-refractivity contribution >= 4 is 15.7 Å². The quantitative estimate of drug-likeness (QED) is 0.782. The molecule has 5 fully saturated rings. The third kappa shape index (κ3) is 2.23. The summed E-state index contributed by atoms with van der Waals surface area (Å²) in [5.74, 6) is 2.56. The molecule has 0 N–H and O–H groups in total. The molecule has 1 aliphatic heterocycles. The lowest BCUT2D eigenvalue weighted by Gasteiger charge is -2.56. The molecular weight excluding hydrogens is 286 g/mol. The fraction of sp³-hybridized carbons (Fsp3) is 0.938. The summed E-state index contributed by atoms with van der Waals surface area (Å²) < 4.78 is 23.4. The van der Waals surface area contributed by atoms with E-state index in [0.29, 0.717) is 19.5 Å². The second-order valence-electron chi connectivity index (χ2n) is 8.19. The van der Waals surface area contributed by atoms with Crippen molar-refractivity contribution in [3.8, 4) is 0 Å². The molecule has 0 aromatic heterocycles. The van der Waals surface area contributed by atoms with Crippen LogP contribution in [0.5, 0.6) is 0 Å². The molecule has 5 heteroatoms. The minimum absolute atomic E-state index is 0.124. The Kier molecular flexibility index (Phi) is 2.98. The van der Waals surface area contributed by atoms with E-state index in [2.05, 4.69) is 0 Å². The van der Waals surface area contributed by atoms with Crippen LogP contribution in [-0.2, 0) is 14.6 Å². The Bertz CT molecular complexity index is 533. The van der Waals surface area contributed by atoms with Crippen LogP contribution in [0.1, 0.15) is 44.9 Å². The molecule has 1 amide bonds. The summed E-state index contributed by atoms with van der Waals surface area (Å²) in [5.41, 5.74) is -0.124. The van der Waals surface area contributed by atoms with Crippen molar-refractivity contribution in [1.29, 1.82) is 0 Å². The topological polar surface area (TPSA) is 54.5 Å². The molecule has 4 bridgehead atoms. The molecule has 0 aromatic rings. The molecular formula is C16H25NO3S. The van der Waals surface area contributed by atoms with Crippen LogP contribution in [0, 0.1) is 23.2 Å². The molecule has 118 valence electrons. The van der Waals surface area contributed by atoms with Gasteiger partial charge in [0, 0.05) is 19.3 Å². The van der Waals surface area contributed by atoms with Gasteiger partial charge >= 0.3 is 0 Å². The highest BCUT2D eigenvalue weighted by Gasteiger charge is 2.56. The van der Waals surface area contributed by atoms with Crippen LogP contribution in [0.2, 0.25) is 0 Å². The van der Waals surface area contributed by atoms with E-state index in [-0.39, 0.29) is 16.6 Å². The normalized spacial score (nSPS) is 45.3. The van der Waals surface area contributed by atoms with Crippen LogP contribution in [-0.4, -0.2) is 43.8 Å². The van der Waals surface area contributed by atoms with Gasteiger partial charge in [-0.05, 0) is 62.7 Å². The first-order chi connectivity index (χ1) is 9.86. The SMILES string of the molecule is CS(=O)(=O)[C@@H]1CCN(C(=O)C23CC4CC(CC(C4)C2)C3)C1. The van der Waals surface area contributed by atoms with E-state index in [9.17, 15) is 13.2 Å². The Morgan fingerprint density at radius 3 is 2.00 bits per heavy atom. The number of nitrogens with zero attached hydrogens (tertiary/aromatic N) is 1. The minimum atomic E-state index is -3.02. The van der Waals surface area contributed by atoms with Crippen molar-refractivity contribution < 1.29 is 13.2 Å². The molecule has 1 atom stereocenters. The first-order valence-electron chi connectivity index (χ1n) is 8.34. The third-order valence-electron chi connectivity index (χ3n) is 6.53. The summed E-state index contributed by atoms with van der Waals surface area (Å²) in [4.78, 5) is 15.0. The first kappa shape index (κ1) is 14.0. The van der Waals surface area contributed by atoms with Gasteiger partial charge in [-0.2, -0.15) is 0 Å². The molecule has 4 aliphatic carbocycles. The number of amides is 1. The Morgan fingerprint density at radius 1 is 1.05 bits per heavy atom. The average Bonchev–Trinajstić information content (AvgIpc) is 2.85. The molecule has 0 spiro atoms. The molecule has 21 heavy (non-hydrogen) atoms. The molecule has 0 unspecified atom stereocenters. The van der Waals surface area contributed by atoms with E-state index < -0.39 is 9.84 Å². The molecule has 4 nitrogen and oxygen atoms in total. The van der Waals surface area contributed by atoms with E-state index in [1.54, 1.807) is 0 Å². The van der Waals surface area contributed by atoms with Gasteiger partial charge < -0.3 is 4.90 Å². The van der Waals surface area contributed by atoms with Gasteiger partial charge in [-0.1, -0.05) is 0 Å². The molecule has 5 rings (SSSR count). The van der Waals surface area contributed by atoms with Gasteiger partial charge in [0.1, 0.15) is 0 Å². The zero-order chi connectivity index (χ0) is 14.8. The van der Waals surface area contributed by atoms with Crippen LogP contribution in [0.3, 0.4) is 0 Å². The summed E-state index contributed by atoms with van der Waals surface area (Å²) in [5, 5.41) is -0.338. The highest BCUT2D eigenvalue weighted by atomic mass is 32.2. The molecule has 0 radical (unpaired) electrons. The molecule has 4 saturated carbocycles. The zero-order valence-electron chi connectivity index (χ0n) is 12.8. The number of carbonyl (C=O) groups excluding carboxylic acids is 1. The van der Waals surface area contributed by atoms with Crippen LogP contribution in [0.4, 0.5) is 0 Å². The van der Waals surface area contributed by atoms with Crippen LogP contribution in [0.15, 0.2) is 0 Å². The van der Waals surface area contributed by atoms with Crippen molar-refractivity contribution in [1.82, 2.24) is 4.90 Å². The van der Waals surface area contributed by atoms with Crippen molar-refractivity contribution in [3.05, 3.63) is 0 Å². The number of hydrogen-bond acceptors (Lipinski definition) is 3. The summed E-state index contributed by atoms with van der Waals surface area (Å²) in [6.07, 6.45) is 9.12. The second-order valence-corrected chi connectivity index (χ2v) is 10.5. The fourth-order valence-corrected chi connectivity index (χ4v) is 6.95. The van der Waals surface area contributed by atoms with E-state index in [1.165, 1.54) is 25.5 Å². The maximum Gasteiger partial charge on any atom is 0.228 e. The maximum atomic E-state index is 13.1. The van der Waals surface area contributed by atoms with Gasteiger partial charge in [0.2, 0.25) is 5.91 Å². The Labute approximate surface area is 127 Å². The van der Waals surface area contributed by atoms with Crippen molar-refractivity contribution in [2.45, 2.75) is 50.2 Å². The number of carbonyl (C=O) groups is 1. The molecule has 5 aliphatic rings. The number of rotatable bonds is 2. The summed E-state index contributed by atoms with van der Waals surface area (Å²) >= 11 is 0. The second kappa shape index (κ2) is 4.46. The average molecular weight is 311 g/mol. The lowest BCUT2D eigenvalue weighted by Crippen LogP contribution is -2.54. The molecule has 1 heterocycles. The lowest BCUT2D eigenvalue weighted by atomic mass is 9.49. The highest BCUT2D eigenvalue weighted by Crippen LogP contribution is 2.60. The Hall–Kier alpha value is -0.580. The number of hydrogen-bond donors (Lipinski definition) is 0. The van der Waals surface area contributed by atoms with E-state index in [4.69, 9.17) is 0 Å². The van der Waals surface area contributed by atoms with Gasteiger partial charge in [0.05, 0.1) is 10.7 Å². The van der Waals surface area contributed by atoms with Crippen LogP contribution in [0.25, 0.3) is 0 Å². The number of likely N-dealkylation sites (tertiary alicyclic amines) is 1. The smallest absolute Gasteiger partial charge is 0.228 e. The lowest BCUT2D eigenvalue weighted by molar-refractivity contribution is -0.156. The predicted octanol–water partition coefficient (Wildman–Crippen LogP) is 1.85. The van der Waals surface area contributed by atoms with Gasteiger partial charge in [0.25, 0.3) is 0 Å².